The number of hydrogen-bond acceptors (Lipinski definition) is 3. The second-order valence-electron chi connectivity index (χ2n) is 7.91. The lowest BCUT2D eigenvalue weighted by molar-refractivity contribution is -0.148. The first-order valence-electron chi connectivity index (χ1n) is 8.92. The average molecular weight is 351 g/mol. The van der Waals surface area contributed by atoms with E-state index in [2.05, 4.69) is 13.8 Å². The molecule has 3 aliphatic rings. The third kappa shape index (κ3) is 3.56. The number of ether oxygens (including phenoxy) is 2. The molecule has 0 radical (unpaired) electrons. The van der Waals surface area contributed by atoms with Crippen molar-refractivity contribution < 1.29 is 14.3 Å². The average Bonchev–Trinajstić information content (AvgIpc) is 2.54. The van der Waals surface area contributed by atoms with Gasteiger partial charge in [-0.15, -0.1) is 0 Å². The van der Waals surface area contributed by atoms with Crippen LogP contribution in [0.25, 0.3) is 0 Å². The maximum Gasteiger partial charge on any atom is 0.344 e. The first-order valence-corrected chi connectivity index (χ1v) is 9.30. The van der Waals surface area contributed by atoms with Crippen LogP contribution < -0.4 is 4.74 Å². The standard InChI is InChI=1S/C20H27ClO3/c1-13-10-16(21)6-7-18(13)24-12-19(22)23-9-8-14-4-5-15-11-17(14)20(15,2)3/h6-7,10,14-15,17H,4-5,8-9,11-12H2,1-3H3/t14-,15-,17-/m0/s1. The van der Waals surface area contributed by atoms with Gasteiger partial charge in [0, 0.05) is 5.02 Å². The van der Waals surface area contributed by atoms with E-state index in [9.17, 15) is 4.79 Å². The van der Waals surface area contributed by atoms with Gasteiger partial charge in [-0.25, -0.2) is 4.79 Å². The fourth-order valence-electron chi connectivity index (χ4n) is 4.59. The molecule has 3 saturated carbocycles. The monoisotopic (exact) mass is 350 g/mol. The van der Waals surface area contributed by atoms with Gasteiger partial charge in [0.05, 0.1) is 6.61 Å². The number of aryl methyl sites for hydroxylation is 1. The molecule has 0 amide bonds. The van der Waals surface area contributed by atoms with Crippen molar-refractivity contribution in [2.24, 2.45) is 23.2 Å². The molecule has 1 aromatic carbocycles. The molecule has 0 N–H and O–H groups in total. The van der Waals surface area contributed by atoms with Crippen LogP contribution in [0.4, 0.5) is 0 Å². The van der Waals surface area contributed by atoms with Crippen LogP contribution in [0.2, 0.25) is 5.02 Å². The van der Waals surface area contributed by atoms with Gasteiger partial charge in [-0.3, -0.25) is 0 Å². The summed E-state index contributed by atoms with van der Waals surface area (Å²) in [7, 11) is 0. The van der Waals surface area contributed by atoms with Crippen LogP contribution in [-0.4, -0.2) is 19.2 Å². The van der Waals surface area contributed by atoms with E-state index < -0.39 is 0 Å². The molecule has 0 heterocycles. The van der Waals surface area contributed by atoms with Crippen LogP contribution >= 0.6 is 11.6 Å². The largest absolute Gasteiger partial charge is 0.482 e. The van der Waals surface area contributed by atoms with E-state index in [0.29, 0.717) is 28.7 Å². The van der Waals surface area contributed by atoms with E-state index in [1.54, 1.807) is 12.1 Å². The van der Waals surface area contributed by atoms with Gasteiger partial charge >= 0.3 is 5.97 Å². The molecule has 132 valence electrons. The SMILES string of the molecule is Cc1cc(Cl)ccc1OCC(=O)OCC[C@@H]1CC[C@H]2C[C@@H]1C2(C)C. The van der Waals surface area contributed by atoms with Crippen molar-refractivity contribution in [3.05, 3.63) is 28.8 Å². The Bertz CT molecular complexity index is 609. The summed E-state index contributed by atoms with van der Waals surface area (Å²) in [5, 5.41) is 0.663. The fraction of sp³-hybridized carbons (Fsp3) is 0.650. The van der Waals surface area contributed by atoms with Crippen molar-refractivity contribution in [2.45, 2.75) is 46.5 Å². The number of carbonyl (C=O) groups excluding carboxylic acids is 1. The summed E-state index contributed by atoms with van der Waals surface area (Å²) in [5.74, 6) is 2.80. The number of benzene rings is 1. The minimum absolute atomic E-state index is 0.0515. The van der Waals surface area contributed by atoms with Gasteiger partial charge in [0.1, 0.15) is 5.75 Å². The highest BCUT2D eigenvalue weighted by Gasteiger charge is 2.53. The molecule has 3 atom stereocenters. The Balaban J connectivity index is 1.38. The fourth-order valence-corrected chi connectivity index (χ4v) is 4.81. The molecule has 0 spiro atoms. The van der Waals surface area contributed by atoms with Crippen molar-refractivity contribution in [3.63, 3.8) is 0 Å². The Morgan fingerprint density at radius 1 is 1.33 bits per heavy atom. The molecule has 2 bridgehead atoms. The second-order valence-corrected chi connectivity index (χ2v) is 8.34. The van der Waals surface area contributed by atoms with E-state index >= 15 is 0 Å². The molecular weight excluding hydrogens is 324 g/mol. The van der Waals surface area contributed by atoms with Crippen molar-refractivity contribution in [3.8, 4) is 5.75 Å². The zero-order valence-corrected chi connectivity index (χ0v) is 15.6. The molecule has 3 nitrogen and oxygen atoms in total. The Morgan fingerprint density at radius 3 is 2.79 bits per heavy atom. The molecule has 24 heavy (non-hydrogen) atoms. The minimum atomic E-state index is -0.300. The van der Waals surface area contributed by atoms with Crippen molar-refractivity contribution in [2.75, 3.05) is 13.2 Å². The van der Waals surface area contributed by atoms with E-state index in [4.69, 9.17) is 21.1 Å². The Kier molecular flexibility index (Phi) is 5.10. The van der Waals surface area contributed by atoms with Gasteiger partial charge in [-0.2, -0.15) is 0 Å². The van der Waals surface area contributed by atoms with E-state index in [0.717, 1.165) is 23.8 Å². The van der Waals surface area contributed by atoms with E-state index in [-0.39, 0.29) is 12.6 Å². The van der Waals surface area contributed by atoms with Crippen LogP contribution in [-0.2, 0) is 9.53 Å². The molecule has 0 aromatic heterocycles. The molecular formula is C20H27ClO3. The molecule has 0 aliphatic heterocycles. The first kappa shape index (κ1) is 17.6. The molecule has 3 fully saturated rings. The van der Waals surface area contributed by atoms with Crippen molar-refractivity contribution in [1.29, 1.82) is 0 Å². The number of carbonyl (C=O) groups is 1. The van der Waals surface area contributed by atoms with Crippen LogP contribution in [0.5, 0.6) is 5.75 Å². The molecule has 4 heteroatoms. The quantitative estimate of drug-likeness (QED) is 0.675. The lowest BCUT2D eigenvalue weighted by Gasteiger charge is -2.60. The Morgan fingerprint density at radius 2 is 2.12 bits per heavy atom. The lowest BCUT2D eigenvalue weighted by atomic mass is 9.45. The maximum atomic E-state index is 11.9. The van der Waals surface area contributed by atoms with Crippen LogP contribution in [0, 0.1) is 30.1 Å². The van der Waals surface area contributed by atoms with Gasteiger partial charge in [-0.1, -0.05) is 25.4 Å². The topological polar surface area (TPSA) is 35.5 Å². The van der Waals surface area contributed by atoms with E-state index in [1.807, 2.05) is 13.0 Å². The molecule has 4 rings (SSSR count). The van der Waals surface area contributed by atoms with Crippen molar-refractivity contribution in [1.82, 2.24) is 0 Å². The molecule has 3 aliphatic carbocycles. The zero-order valence-electron chi connectivity index (χ0n) is 14.8. The maximum absolute atomic E-state index is 11.9. The second kappa shape index (κ2) is 6.95. The van der Waals surface area contributed by atoms with Crippen LogP contribution in [0.3, 0.4) is 0 Å². The third-order valence-electron chi connectivity index (χ3n) is 6.24. The van der Waals surface area contributed by atoms with Gasteiger partial charge in [0.25, 0.3) is 0 Å². The highest BCUT2D eigenvalue weighted by molar-refractivity contribution is 6.30. The first-order chi connectivity index (χ1) is 11.4. The minimum Gasteiger partial charge on any atom is -0.482 e. The molecule has 0 unspecified atom stereocenters. The summed E-state index contributed by atoms with van der Waals surface area (Å²) in [6.07, 6.45) is 4.97. The summed E-state index contributed by atoms with van der Waals surface area (Å²) in [6, 6.07) is 5.35. The molecule has 1 aromatic rings. The highest BCUT2D eigenvalue weighted by atomic mass is 35.5. The number of hydrogen-bond donors (Lipinski definition) is 0. The number of halogens is 1. The summed E-state index contributed by atoms with van der Waals surface area (Å²) < 4.78 is 10.9. The predicted octanol–water partition coefficient (Wildman–Crippen LogP) is 5.03. The zero-order chi connectivity index (χ0) is 17.3. The third-order valence-corrected chi connectivity index (χ3v) is 6.47. The van der Waals surface area contributed by atoms with E-state index in [1.165, 1.54) is 19.3 Å². The van der Waals surface area contributed by atoms with Gasteiger partial charge in [0.15, 0.2) is 6.61 Å². The van der Waals surface area contributed by atoms with Gasteiger partial charge in [0.2, 0.25) is 0 Å². The Labute approximate surface area is 149 Å². The summed E-state index contributed by atoms with van der Waals surface area (Å²) in [6.45, 7) is 7.15. The van der Waals surface area contributed by atoms with Gasteiger partial charge < -0.3 is 9.47 Å². The molecule has 0 saturated heterocycles. The lowest BCUT2D eigenvalue weighted by Crippen LogP contribution is -2.52. The highest BCUT2D eigenvalue weighted by Crippen LogP contribution is 2.61. The number of esters is 1. The summed E-state index contributed by atoms with van der Waals surface area (Å²) in [4.78, 5) is 11.9. The van der Waals surface area contributed by atoms with Crippen molar-refractivity contribution >= 4 is 17.6 Å². The van der Waals surface area contributed by atoms with Crippen LogP contribution in [0.1, 0.15) is 45.1 Å². The predicted molar refractivity (Wildman–Crippen MR) is 95.4 cm³/mol. The number of rotatable bonds is 6. The summed E-state index contributed by atoms with van der Waals surface area (Å²) in [5.41, 5.74) is 1.40. The van der Waals surface area contributed by atoms with Gasteiger partial charge in [-0.05, 0) is 79.5 Å². The summed E-state index contributed by atoms with van der Waals surface area (Å²) >= 11 is 5.91. The Hall–Kier alpha value is -1.22. The number of fused-ring (bicyclic) bond motifs is 2. The van der Waals surface area contributed by atoms with Crippen LogP contribution in [0.15, 0.2) is 18.2 Å². The smallest absolute Gasteiger partial charge is 0.344 e. The normalized spacial score (nSPS) is 27.2.